The zero-order valence-electron chi connectivity index (χ0n) is 22.2. The molecule has 0 aliphatic rings. The third-order valence-corrected chi connectivity index (χ3v) is 7.32. The fraction of sp³-hybridized carbons (Fsp3) is 0.241. The highest BCUT2D eigenvalue weighted by molar-refractivity contribution is 7.90. The van der Waals surface area contributed by atoms with E-state index in [1.54, 1.807) is 60.8 Å². The summed E-state index contributed by atoms with van der Waals surface area (Å²) in [6.07, 6.45) is 3.13. The molecule has 0 saturated heterocycles. The quantitative estimate of drug-likeness (QED) is 0.153. The van der Waals surface area contributed by atoms with Gasteiger partial charge >= 0.3 is 0 Å². The van der Waals surface area contributed by atoms with Gasteiger partial charge in [0.25, 0.3) is 0 Å². The van der Waals surface area contributed by atoms with E-state index < -0.39 is 21.7 Å². The Bertz CT molecular complexity index is 1600. The van der Waals surface area contributed by atoms with Crippen LogP contribution in [0.1, 0.15) is 49.3 Å². The predicted molar refractivity (Wildman–Crippen MR) is 152 cm³/mol. The molecule has 0 aliphatic heterocycles. The summed E-state index contributed by atoms with van der Waals surface area (Å²) in [5.74, 6) is -0.0531. The number of hydrogen-bond donors (Lipinski definition) is 4. The van der Waals surface area contributed by atoms with E-state index in [0.29, 0.717) is 40.3 Å². The molecule has 0 radical (unpaired) electrons. The maximum Gasteiger partial charge on any atom is 0.176 e. The van der Waals surface area contributed by atoms with Crippen molar-refractivity contribution in [3.8, 4) is 17.0 Å². The first-order chi connectivity index (χ1) is 18.5. The van der Waals surface area contributed by atoms with Crippen LogP contribution in [-0.4, -0.2) is 36.6 Å². The van der Waals surface area contributed by atoms with Gasteiger partial charge in [0.1, 0.15) is 17.7 Å². The van der Waals surface area contributed by atoms with Gasteiger partial charge in [0.15, 0.2) is 21.4 Å². The number of nitrogens with zero attached hydrogens (tertiary/aromatic N) is 1. The highest BCUT2D eigenvalue weighted by atomic mass is 32.2. The summed E-state index contributed by atoms with van der Waals surface area (Å²) in [6, 6.07) is 16.2. The molecule has 0 aliphatic carbocycles. The van der Waals surface area contributed by atoms with Crippen molar-refractivity contribution < 1.29 is 17.5 Å². The molecule has 0 saturated carbocycles. The van der Waals surface area contributed by atoms with Crippen LogP contribution in [0.4, 0.5) is 10.1 Å². The summed E-state index contributed by atoms with van der Waals surface area (Å²) in [6.45, 7) is 5.65. The van der Waals surface area contributed by atoms with Crippen molar-refractivity contribution >= 4 is 21.4 Å². The second-order valence-corrected chi connectivity index (χ2v) is 11.5. The molecule has 0 amide bonds. The number of aromatic nitrogens is 2. The van der Waals surface area contributed by atoms with Gasteiger partial charge in [-0.15, -0.1) is 0 Å². The zero-order valence-corrected chi connectivity index (χ0v) is 23.1. The molecule has 204 valence electrons. The fourth-order valence-corrected chi connectivity index (χ4v) is 5.17. The van der Waals surface area contributed by atoms with Crippen molar-refractivity contribution in [1.29, 1.82) is 5.41 Å². The van der Waals surface area contributed by atoms with E-state index in [-0.39, 0.29) is 22.6 Å². The van der Waals surface area contributed by atoms with Crippen molar-refractivity contribution in [2.45, 2.75) is 44.2 Å². The van der Waals surface area contributed by atoms with E-state index in [1.807, 2.05) is 20.8 Å². The number of halogens is 1. The lowest BCUT2D eigenvalue weighted by atomic mass is 10.00. The van der Waals surface area contributed by atoms with Crippen LogP contribution < -0.4 is 15.8 Å². The van der Waals surface area contributed by atoms with Crippen LogP contribution in [0.2, 0.25) is 0 Å². The molecule has 8 nitrogen and oxygen atoms in total. The molecule has 39 heavy (non-hydrogen) atoms. The molecule has 1 heterocycles. The molecule has 0 bridgehead atoms. The summed E-state index contributed by atoms with van der Waals surface area (Å²) in [5.41, 5.74) is 8.95. The van der Waals surface area contributed by atoms with Crippen LogP contribution in [0.5, 0.6) is 5.75 Å². The number of benzene rings is 3. The van der Waals surface area contributed by atoms with Crippen molar-refractivity contribution in [2.75, 3.05) is 11.6 Å². The molecule has 0 fully saturated rings. The van der Waals surface area contributed by atoms with Crippen LogP contribution in [0.25, 0.3) is 11.3 Å². The largest absolute Gasteiger partial charge is 0.488 e. The van der Waals surface area contributed by atoms with Crippen molar-refractivity contribution in [3.05, 3.63) is 95.2 Å². The van der Waals surface area contributed by atoms with Gasteiger partial charge in [-0.3, -0.25) is 5.41 Å². The molecule has 0 spiro atoms. The van der Waals surface area contributed by atoms with Gasteiger partial charge in [0.05, 0.1) is 22.9 Å². The van der Waals surface area contributed by atoms with E-state index in [2.05, 4.69) is 15.3 Å². The number of ether oxygens (including phenoxy) is 1. The minimum absolute atomic E-state index is 0.0597. The smallest absolute Gasteiger partial charge is 0.176 e. The SMILES string of the molecule is CCc1cc(OC(C)C)c(F)c(C(Nc2ccc(C(=N)N)cc2)c2ncc(-c3ccccc3S(C)(=O)=O)[nH]2)c1. The number of hydrogen-bond acceptors (Lipinski definition) is 6. The topological polar surface area (TPSA) is 134 Å². The number of amidine groups is 1. The standard InChI is InChI=1S/C29H32FN5O3S/c1-5-18-14-22(26(30)24(15-18)38-17(2)3)27(34-20-12-10-19(11-13-20)28(31)32)29-33-16-23(35-29)21-8-6-7-9-25(21)39(4,36)37/h6-17,27,34H,5H2,1-4H3,(H3,31,32)(H,33,35). The number of imidazole rings is 1. The number of nitrogen functional groups attached to an aromatic ring is 1. The van der Waals surface area contributed by atoms with Crippen LogP contribution in [0.15, 0.2) is 71.8 Å². The molecular weight excluding hydrogens is 517 g/mol. The van der Waals surface area contributed by atoms with Crippen LogP contribution in [-0.2, 0) is 16.3 Å². The second kappa shape index (κ2) is 11.3. The first-order valence-electron chi connectivity index (χ1n) is 12.5. The van der Waals surface area contributed by atoms with Gasteiger partial charge < -0.3 is 20.8 Å². The van der Waals surface area contributed by atoms with Crippen LogP contribution in [0, 0.1) is 11.2 Å². The van der Waals surface area contributed by atoms with E-state index in [4.69, 9.17) is 15.9 Å². The Labute approximate surface area is 227 Å². The number of nitrogens with two attached hydrogens (primary N) is 1. The summed E-state index contributed by atoms with van der Waals surface area (Å²) in [4.78, 5) is 7.93. The normalized spacial score (nSPS) is 12.4. The van der Waals surface area contributed by atoms with E-state index in [0.717, 1.165) is 11.8 Å². The molecule has 1 aromatic heterocycles. The summed E-state index contributed by atoms with van der Waals surface area (Å²) in [7, 11) is -3.50. The van der Waals surface area contributed by atoms with Crippen LogP contribution in [0.3, 0.4) is 0 Å². The lowest BCUT2D eigenvalue weighted by Gasteiger charge is -2.22. The van der Waals surface area contributed by atoms with E-state index in [1.165, 1.54) is 6.07 Å². The van der Waals surface area contributed by atoms with Crippen molar-refractivity contribution in [3.63, 3.8) is 0 Å². The summed E-state index contributed by atoms with van der Waals surface area (Å²) < 4.78 is 46.6. The average Bonchev–Trinajstić information content (AvgIpc) is 3.38. The van der Waals surface area contributed by atoms with Gasteiger partial charge in [-0.05, 0) is 62.2 Å². The number of sulfone groups is 1. The van der Waals surface area contributed by atoms with E-state index in [9.17, 15) is 8.42 Å². The van der Waals surface area contributed by atoms with Gasteiger partial charge in [-0.25, -0.2) is 17.8 Å². The summed E-state index contributed by atoms with van der Waals surface area (Å²) >= 11 is 0. The fourth-order valence-electron chi connectivity index (χ4n) is 4.27. The van der Waals surface area contributed by atoms with Gasteiger partial charge in [0, 0.05) is 28.6 Å². The highest BCUT2D eigenvalue weighted by Crippen LogP contribution is 2.35. The molecular formula is C29H32FN5O3S. The zero-order chi connectivity index (χ0) is 28.3. The third kappa shape index (κ3) is 6.28. The molecule has 3 aromatic carbocycles. The lowest BCUT2D eigenvalue weighted by molar-refractivity contribution is 0.230. The van der Waals surface area contributed by atoms with Gasteiger partial charge in [-0.1, -0.05) is 31.2 Å². The molecule has 5 N–H and O–H groups in total. The molecule has 10 heteroatoms. The number of anilines is 1. The van der Waals surface area contributed by atoms with Crippen LogP contribution >= 0.6 is 0 Å². The highest BCUT2D eigenvalue weighted by Gasteiger charge is 2.26. The molecule has 1 atom stereocenters. The van der Waals surface area contributed by atoms with Gasteiger partial charge in [-0.2, -0.15) is 0 Å². The number of nitrogens with one attached hydrogen (secondary N) is 3. The lowest BCUT2D eigenvalue weighted by Crippen LogP contribution is -2.18. The Morgan fingerprint density at radius 2 is 1.85 bits per heavy atom. The monoisotopic (exact) mass is 549 g/mol. The second-order valence-electron chi connectivity index (χ2n) is 9.54. The Morgan fingerprint density at radius 3 is 2.46 bits per heavy atom. The first kappa shape index (κ1) is 27.8. The Kier molecular flexibility index (Phi) is 8.06. The predicted octanol–water partition coefficient (Wildman–Crippen LogP) is 5.45. The maximum absolute atomic E-state index is 16.0. The van der Waals surface area contributed by atoms with Gasteiger partial charge in [0.2, 0.25) is 0 Å². The maximum atomic E-state index is 16.0. The molecule has 4 aromatic rings. The van der Waals surface area contributed by atoms with Crippen molar-refractivity contribution in [2.24, 2.45) is 5.73 Å². The molecule has 1 unspecified atom stereocenters. The molecule has 4 rings (SSSR count). The number of aryl methyl sites for hydroxylation is 1. The minimum Gasteiger partial charge on any atom is -0.488 e. The summed E-state index contributed by atoms with van der Waals surface area (Å²) in [5, 5.41) is 11.0. The van der Waals surface area contributed by atoms with Crippen molar-refractivity contribution in [1.82, 2.24) is 9.97 Å². The number of aromatic amines is 1. The Balaban J connectivity index is 1.86. The average molecular weight is 550 g/mol. The number of H-pyrrole nitrogens is 1. The van der Waals surface area contributed by atoms with E-state index >= 15 is 4.39 Å². The Hall–Kier alpha value is -4.18. The number of rotatable bonds is 10. The minimum atomic E-state index is -3.50. The Morgan fingerprint density at radius 1 is 1.15 bits per heavy atom. The third-order valence-electron chi connectivity index (χ3n) is 6.16. The first-order valence-corrected chi connectivity index (χ1v) is 14.4.